The molecule has 0 aliphatic carbocycles. The molecule has 0 fully saturated rings. The largest absolute Gasteiger partial charge is 0.396 e. The fourth-order valence-corrected chi connectivity index (χ4v) is 6.25. The van der Waals surface area contributed by atoms with Crippen molar-refractivity contribution >= 4 is 35.1 Å². The molecule has 0 saturated carbocycles. The summed E-state index contributed by atoms with van der Waals surface area (Å²) in [6.45, 7) is 7.10. The highest BCUT2D eigenvalue weighted by Gasteiger charge is 2.26. The van der Waals surface area contributed by atoms with Gasteiger partial charge in [-0.15, -0.1) is 0 Å². The van der Waals surface area contributed by atoms with E-state index >= 15 is 0 Å². The Morgan fingerprint density at radius 3 is 2.41 bits per heavy atom. The van der Waals surface area contributed by atoms with Gasteiger partial charge in [0.15, 0.2) is 22.5 Å². The van der Waals surface area contributed by atoms with E-state index in [4.69, 9.17) is 28.2 Å². The number of anilines is 2. The molecule has 14 nitrogen and oxygen atoms in total. The molecular formula is C39H59ClN8O6. The van der Waals surface area contributed by atoms with Gasteiger partial charge in [-0.3, -0.25) is 14.5 Å². The van der Waals surface area contributed by atoms with E-state index in [0.29, 0.717) is 51.3 Å². The number of amides is 2. The molecule has 0 spiro atoms. The summed E-state index contributed by atoms with van der Waals surface area (Å²) in [5.74, 6) is -0.806. The number of benzene rings is 2. The zero-order chi connectivity index (χ0) is 39.5. The second-order valence-corrected chi connectivity index (χ2v) is 14.1. The van der Waals surface area contributed by atoms with Gasteiger partial charge in [0.05, 0.1) is 12.2 Å². The lowest BCUT2D eigenvalue weighted by Crippen LogP contribution is -2.46. The molecule has 3 aromatic rings. The number of carbonyl (C=O) groups excluding carboxylic acids is 2. The lowest BCUT2D eigenvalue weighted by Gasteiger charge is -2.29. The predicted octanol–water partition coefficient (Wildman–Crippen LogP) is 2.10. The summed E-state index contributed by atoms with van der Waals surface area (Å²) in [5.41, 5.74) is 15.3. The van der Waals surface area contributed by atoms with Crippen LogP contribution in [-0.4, -0.2) is 118 Å². The van der Waals surface area contributed by atoms with Crippen molar-refractivity contribution in [3.8, 4) is 0 Å². The van der Waals surface area contributed by atoms with Crippen LogP contribution in [0.5, 0.6) is 0 Å². The second-order valence-electron chi connectivity index (χ2n) is 13.7. The highest BCUT2D eigenvalue weighted by Crippen LogP contribution is 2.18. The molecule has 4 unspecified atom stereocenters. The van der Waals surface area contributed by atoms with Gasteiger partial charge in [0.2, 0.25) is 0 Å². The Morgan fingerprint density at radius 1 is 0.889 bits per heavy atom. The van der Waals surface area contributed by atoms with Crippen LogP contribution in [0.4, 0.5) is 11.6 Å². The maximum absolute atomic E-state index is 13.1. The number of carbonyl (C=O) groups is 2. The third-order valence-electron chi connectivity index (χ3n) is 9.35. The summed E-state index contributed by atoms with van der Waals surface area (Å²) in [6.07, 6.45) is 1.69. The van der Waals surface area contributed by atoms with Crippen molar-refractivity contribution in [1.29, 1.82) is 0 Å². The van der Waals surface area contributed by atoms with Gasteiger partial charge in [-0.1, -0.05) is 74.2 Å². The van der Waals surface area contributed by atoms with Crippen LogP contribution >= 0.6 is 11.6 Å². The number of nitrogens with two attached hydrogens (primary N) is 2. The molecule has 54 heavy (non-hydrogen) atoms. The number of aliphatic hydroxyl groups excluding tert-OH is 4. The number of nitrogens with zero attached hydrogens (tertiary/aromatic N) is 3. The molecule has 3 rings (SSSR count). The quantitative estimate of drug-likeness (QED) is 0.0564. The van der Waals surface area contributed by atoms with E-state index in [-0.39, 0.29) is 53.9 Å². The molecule has 1 heterocycles. The average Bonchev–Trinajstić information content (AvgIpc) is 3.15. The molecule has 1 aromatic heterocycles. The fourth-order valence-electron chi connectivity index (χ4n) is 6.12. The number of hydrogen-bond donors (Lipinski definition) is 9. The normalized spacial score (nSPS) is 13.7. The number of nitrogens with one attached hydrogen (secondary N) is 3. The van der Waals surface area contributed by atoms with Crippen LogP contribution in [0, 0.1) is 12.8 Å². The van der Waals surface area contributed by atoms with Gasteiger partial charge in [-0.2, -0.15) is 0 Å². The smallest absolute Gasteiger partial charge is 0.273 e. The summed E-state index contributed by atoms with van der Waals surface area (Å²) < 4.78 is 0. The lowest BCUT2D eigenvalue weighted by molar-refractivity contribution is -0.0746. The van der Waals surface area contributed by atoms with Gasteiger partial charge in [-0.05, 0) is 87.0 Å². The molecular weight excluding hydrogens is 712 g/mol. The third kappa shape index (κ3) is 15.1. The van der Waals surface area contributed by atoms with E-state index in [1.54, 1.807) is 6.07 Å². The number of rotatable bonds is 25. The van der Waals surface area contributed by atoms with Crippen LogP contribution in [0.25, 0.3) is 0 Å². The Labute approximate surface area is 323 Å². The fraction of sp³-hybridized carbons (Fsp3) is 0.538. The van der Waals surface area contributed by atoms with Crippen molar-refractivity contribution in [3.63, 3.8) is 0 Å². The van der Waals surface area contributed by atoms with Crippen LogP contribution in [0.2, 0.25) is 5.15 Å². The molecule has 298 valence electrons. The van der Waals surface area contributed by atoms with Gasteiger partial charge >= 0.3 is 0 Å². The number of halogens is 1. The maximum Gasteiger partial charge on any atom is 0.273 e. The number of nitrogen functional groups attached to an aromatic ring is 2. The van der Waals surface area contributed by atoms with Crippen LogP contribution in [-0.2, 0) is 12.8 Å². The van der Waals surface area contributed by atoms with E-state index in [1.807, 2.05) is 35.2 Å². The van der Waals surface area contributed by atoms with Crippen molar-refractivity contribution in [1.82, 2.24) is 30.8 Å². The van der Waals surface area contributed by atoms with Crippen molar-refractivity contribution in [2.24, 2.45) is 5.92 Å². The van der Waals surface area contributed by atoms with E-state index in [1.165, 1.54) is 5.56 Å². The van der Waals surface area contributed by atoms with Crippen molar-refractivity contribution in [2.45, 2.75) is 77.1 Å². The van der Waals surface area contributed by atoms with Gasteiger partial charge in [0.1, 0.15) is 6.10 Å². The molecule has 0 bridgehead atoms. The standard InChI is InChI=1S/C39H59ClN8O6/c1-3-4-5-8-18-48(25-32(51)34(52)31(50)15-20-49)19-17-44-38(53)30-13-9-11-27(21-30)14-16-43-23-28(22-29-12-7-6-10-26(29)2)24-45-39(54)33-36(41)47-37(42)35(40)46-33/h6-7,9-13,21,28,31-32,34,43,49-52H,3-5,8,14-20,22-25H2,1-2H3,(H,44,53)(H,45,54)(H4,41,42,47). The Bertz CT molecular complexity index is 1600. The molecule has 15 heteroatoms. The Hall–Kier alpha value is -3.89. The Balaban J connectivity index is 1.53. The molecule has 4 atom stereocenters. The SMILES string of the molecule is CCCCCCN(CCNC(=O)c1cccc(CCNCC(CNC(=O)c2nc(Cl)c(N)nc2N)Cc2ccccc2C)c1)CC(O)C(O)C(O)CCO. The van der Waals surface area contributed by atoms with Crippen molar-refractivity contribution in [3.05, 3.63) is 81.6 Å². The number of aliphatic hydroxyl groups is 4. The van der Waals surface area contributed by atoms with Gasteiger partial charge in [0, 0.05) is 38.3 Å². The van der Waals surface area contributed by atoms with Gasteiger partial charge in [-0.25, -0.2) is 9.97 Å². The third-order valence-corrected chi connectivity index (χ3v) is 9.63. The first-order chi connectivity index (χ1) is 25.9. The predicted molar refractivity (Wildman–Crippen MR) is 212 cm³/mol. The second kappa shape index (κ2) is 23.8. The van der Waals surface area contributed by atoms with Crippen LogP contribution < -0.4 is 27.4 Å². The highest BCUT2D eigenvalue weighted by molar-refractivity contribution is 6.31. The number of unbranched alkanes of at least 4 members (excludes halogenated alkanes) is 3. The van der Waals surface area contributed by atoms with E-state index in [0.717, 1.165) is 43.2 Å². The van der Waals surface area contributed by atoms with Crippen LogP contribution in [0.15, 0.2) is 48.5 Å². The first-order valence-corrected chi connectivity index (χ1v) is 19.2. The molecule has 2 aromatic carbocycles. The number of aromatic nitrogens is 2. The summed E-state index contributed by atoms with van der Waals surface area (Å²) >= 11 is 5.98. The minimum atomic E-state index is -1.38. The van der Waals surface area contributed by atoms with Crippen molar-refractivity contribution < 1.29 is 30.0 Å². The van der Waals surface area contributed by atoms with Crippen LogP contribution in [0.1, 0.15) is 76.6 Å². The molecule has 0 aliphatic heterocycles. The van der Waals surface area contributed by atoms with E-state index in [9.17, 15) is 24.9 Å². The van der Waals surface area contributed by atoms with E-state index in [2.05, 4.69) is 51.9 Å². The minimum absolute atomic E-state index is 0.0248. The summed E-state index contributed by atoms with van der Waals surface area (Å²) in [7, 11) is 0. The topological polar surface area (TPSA) is 232 Å². The molecule has 0 aliphatic rings. The zero-order valence-corrected chi connectivity index (χ0v) is 32.3. The molecule has 0 saturated heterocycles. The molecule has 2 amide bonds. The first-order valence-electron chi connectivity index (χ1n) is 18.8. The van der Waals surface area contributed by atoms with Crippen molar-refractivity contribution in [2.75, 3.05) is 63.9 Å². The van der Waals surface area contributed by atoms with Gasteiger partial charge < -0.3 is 47.8 Å². The summed E-state index contributed by atoms with van der Waals surface area (Å²) in [6, 6.07) is 15.6. The number of hydrogen-bond acceptors (Lipinski definition) is 12. The Kier molecular flexibility index (Phi) is 19.6. The first kappa shape index (κ1) is 44.5. The zero-order valence-electron chi connectivity index (χ0n) is 31.5. The minimum Gasteiger partial charge on any atom is -0.396 e. The van der Waals surface area contributed by atoms with Crippen LogP contribution in [0.3, 0.4) is 0 Å². The Morgan fingerprint density at radius 2 is 1.67 bits per heavy atom. The summed E-state index contributed by atoms with van der Waals surface area (Å²) in [5, 5.41) is 49.3. The monoisotopic (exact) mass is 770 g/mol. The molecule has 0 radical (unpaired) electrons. The average molecular weight is 771 g/mol. The van der Waals surface area contributed by atoms with E-state index < -0.39 is 24.2 Å². The van der Waals surface area contributed by atoms with Gasteiger partial charge in [0.25, 0.3) is 11.8 Å². The highest BCUT2D eigenvalue weighted by atomic mass is 35.5. The number of aryl methyl sites for hydroxylation is 1. The molecule has 11 N–H and O–H groups in total. The maximum atomic E-state index is 13.1. The lowest BCUT2D eigenvalue weighted by atomic mass is 9.95. The summed E-state index contributed by atoms with van der Waals surface area (Å²) in [4.78, 5) is 35.9.